The van der Waals surface area contributed by atoms with Crippen LogP contribution in [0.25, 0.3) is 5.76 Å². The van der Waals surface area contributed by atoms with Gasteiger partial charge in [0.15, 0.2) is 11.6 Å². The molecule has 1 unspecified atom stereocenters. The third-order valence-corrected chi connectivity index (χ3v) is 9.21. The van der Waals surface area contributed by atoms with Crippen LogP contribution >= 0.6 is 0 Å². The van der Waals surface area contributed by atoms with Gasteiger partial charge in [0.1, 0.15) is 16.2 Å². The first-order valence-electron chi connectivity index (χ1n) is 11.7. The zero-order valence-corrected chi connectivity index (χ0v) is 21.5. The molecule has 3 aliphatic rings. The van der Waals surface area contributed by atoms with Gasteiger partial charge in [-0.1, -0.05) is 43.5 Å². The van der Waals surface area contributed by atoms with Crippen molar-refractivity contribution >= 4 is 48.8 Å². The van der Waals surface area contributed by atoms with Crippen LogP contribution in [-0.2, 0) is 30.3 Å². The molecule has 0 amide bonds. The van der Waals surface area contributed by atoms with Crippen LogP contribution in [0.4, 0.5) is 11.4 Å². The highest BCUT2D eigenvalue weighted by molar-refractivity contribution is 7.92. The standard InChI is InChI=1S/C25H27N3O6S2/c1-25(13-12-15-6-5-7-15)18-9-4-3-8-17(18)22(29)21(23(25)30)24-26-19-11-10-16(27-35(2,31)32)14-20(19)36(33,34)28-24/h3-4,8-11,14-15,27,29H,5-7,12-13H2,1-2H3,(H,26,28). The molecule has 0 saturated heterocycles. The smallest absolute Gasteiger partial charge is 0.286 e. The number of aliphatic hydroxyl groups is 1. The zero-order valence-electron chi connectivity index (χ0n) is 19.9. The molecule has 1 fully saturated rings. The number of hydrogen-bond donors (Lipinski definition) is 3. The molecule has 5 rings (SSSR count). The van der Waals surface area contributed by atoms with Crippen LogP contribution in [0.1, 0.15) is 50.2 Å². The van der Waals surface area contributed by atoms with Gasteiger partial charge in [-0.25, -0.2) is 8.42 Å². The topological polar surface area (TPSA) is 142 Å². The number of anilines is 2. The number of sulfonamides is 2. The average molecular weight is 530 g/mol. The van der Waals surface area contributed by atoms with E-state index in [1.54, 1.807) is 12.1 Å². The number of hydrogen-bond acceptors (Lipinski definition) is 7. The predicted molar refractivity (Wildman–Crippen MR) is 138 cm³/mol. The van der Waals surface area contributed by atoms with Gasteiger partial charge < -0.3 is 10.4 Å². The number of carbonyl (C=O) groups excluding carboxylic acids is 1. The van der Waals surface area contributed by atoms with Gasteiger partial charge in [0.25, 0.3) is 10.0 Å². The summed E-state index contributed by atoms with van der Waals surface area (Å²) in [6, 6.07) is 11.1. The van der Waals surface area contributed by atoms with E-state index in [9.17, 15) is 26.7 Å². The minimum atomic E-state index is -4.31. The molecule has 0 spiro atoms. The minimum absolute atomic E-state index is 0.0635. The van der Waals surface area contributed by atoms with Crippen LogP contribution in [0.5, 0.6) is 0 Å². The number of rotatable bonds is 6. The van der Waals surface area contributed by atoms with Gasteiger partial charge in [-0.2, -0.15) is 8.42 Å². The molecule has 2 aromatic carbocycles. The summed E-state index contributed by atoms with van der Waals surface area (Å²) in [4.78, 5) is 13.7. The van der Waals surface area contributed by atoms with Crippen molar-refractivity contribution in [2.75, 3.05) is 16.3 Å². The van der Waals surface area contributed by atoms with Crippen molar-refractivity contribution in [3.05, 3.63) is 59.2 Å². The Bertz CT molecular complexity index is 1560. The molecular formula is C25H27N3O6S2. The number of Topliss-reactive ketones (excluding diaryl/α,β-unsaturated/α-hetero) is 1. The number of amidine groups is 1. The van der Waals surface area contributed by atoms with Crippen LogP contribution in [0, 0.1) is 5.92 Å². The minimum Gasteiger partial charge on any atom is -0.506 e. The lowest BCUT2D eigenvalue weighted by Crippen LogP contribution is -2.42. The van der Waals surface area contributed by atoms with E-state index < -0.39 is 31.2 Å². The van der Waals surface area contributed by atoms with E-state index in [0.29, 0.717) is 23.5 Å². The molecule has 1 heterocycles. The molecule has 2 aromatic rings. The summed E-state index contributed by atoms with van der Waals surface area (Å²) < 4.78 is 55.4. The second-order valence-electron chi connectivity index (χ2n) is 9.89. The maximum absolute atomic E-state index is 14.0. The van der Waals surface area contributed by atoms with E-state index in [-0.39, 0.29) is 33.4 Å². The largest absolute Gasteiger partial charge is 0.506 e. The first-order valence-corrected chi connectivity index (χ1v) is 15.0. The van der Waals surface area contributed by atoms with Crippen LogP contribution in [-0.4, -0.2) is 39.8 Å². The number of nitrogens with zero attached hydrogens (tertiary/aromatic N) is 1. The summed E-state index contributed by atoms with van der Waals surface area (Å²) in [6.45, 7) is 1.84. The molecule has 1 saturated carbocycles. The van der Waals surface area contributed by atoms with Gasteiger partial charge in [-0.3, -0.25) is 9.52 Å². The van der Waals surface area contributed by atoms with Crippen molar-refractivity contribution in [3.8, 4) is 0 Å². The van der Waals surface area contributed by atoms with E-state index in [1.165, 1.54) is 18.6 Å². The molecule has 1 atom stereocenters. The maximum atomic E-state index is 14.0. The monoisotopic (exact) mass is 529 g/mol. The van der Waals surface area contributed by atoms with Crippen molar-refractivity contribution in [1.29, 1.82) is 0 Å². The van der Waals surface area contributed by atoms with Gasteiger partial charge >= 0.3 is 0 Å². The summed E-state index contributed by atoms with van der Waals surface area (Å²) in [6.07, 6.45) is 5.86. The summed E-state index contributed by atoms with van der Waals surface area (Å²) in [5.41, 5.74) is 0.258. The number of aliphatic hydroxyl groups excluding tert-OH is 1. The van der Waals surface area contributed by atoms with Gasteiger partial charge in [0.05, 0.1) is 17.4 Å². The van der Waals surface area contributed by atoms with Crippen LogP contribution in [0.2, 0.25) is 0 Å². The molecule has 0 radical (unpaired) electrons. The highest BCUT2D eigenvalue weighted by atomic mass is 32.2. The van der Waals surface area contributed by atoms with Crippen molar-refractivity contribution < 1.29 is 26.7 Å². The van der Waals surface area contributed by atoms with Gasteiger partial charge in [0, 0.05) is 11.3 Å². The fourth-order valence-corrected chi connectivity index (χ4v) is 6.80. The van der Waals surface area contributed by atoms with Gasteiger partial charge in [-0.05, 0) is 49.4 Å². The zero-order chi connectivity index (χ0) is 25.9. The molecule has 0 bridgehead atoms. The molecule has 1 aliphatic heterocycles. The van der Waals surface area contributed by atoms with E-state index in [4.69, 9.17) is 0 Å². The Morgan fingerprint density at radius 1 is 1.19 bits per heavy atom. The summed E-state index contributed by atoms with van der Waals surface area (Å²) >= 11 is 0. The lowest BCUT2D eigenvalue weighted by Gasteiger charge is -2.38. The summed E-state index contributed by atoms with van der Waals surface area (Å²) in [5.74, 6) is -0.398. The van der Waals surface area contributed by atoms with E-state index in [2.05, 4.69) is 14.4 Å². The maximum Gasteiger partial charge on any atom is 0.286 e. The van der Waals surface area contributed by atoms with E-state index in [1.807, 2.05) is 19.1 Å². The number of nitrogens with one attached hydrogen (secondary N) is 2. The van der Waals surface area contributed by atoms with Crippen LogP contribution in [0.3, 0.4) is 0 Å². The fourth-order valence-electron chi connectivity index (χ4n) is 5.10. The molecule has 2 aliphatic carbocycles. The Morgan fingerprint density at radius 2 is 1.92 bits per heavy atom. The van der Waals surface area contributed by atoms with Gasteiger partial charge in [-0.15, -0.1) is 4.40 Å². The lowest BCUT2D eigenvalue weighted by molar-refractivity contribution is -0.120. The van der Waals surface area contributed by atoms with Crippen LogP contribution in [0.15, 0.2) is 57.3 Å². The van der Waals surface area contributed by atoms with E-state index in [0.717, 1.165) is 31.6 Å². The Labute approximate surface area is 210 Å². The fraction of sp³-hybridized carbons (Fsp3) is 0.360. The van der Waals surface area contributed by atoms with Crippen molar-refractivity contribution in [1.82, 2.24) is 0 Å². The first-order chi connectivity index (χ1) is 16.9. The number of carbonyl (C=O) groups is 1. The Balaban J connectivity index is 1.58. The molecule has 11 heteroatoms. The SMILES string of the molecule is CC1(CCC2CCC2)C(=O)C(C2=NS(=O)(=O)c3cc(NS(C)(=O)=O)ccc3N2)=C(O)c2ccccc21. The number of ketones is 1. The molecule has 9 nitrogen and oxygen atoms in total. The highest BCUT2D eigenvalue weighted by Crippen LogP contribution is 2.45. The van der Waals surface area contributed by atoms with Crippen molar-refractivity contribution in [2.45, 2.75) is 49.3 Å². The molecule has 36 heavy (non-hydrogen) atoms. The predicted octanol–water partition coefficient (Wildman–Crippen LogP) is 3.96. The quantitative estimate of drug-likeness (QED) is 0.514. The summed E-state index contributed by atoms with van der Waals surface area (Å²) in [5, 5.41) is 14.1. The number of benzene rings is 2. The van der Waals surface area contributed by atoms with E-state index >= 15 is 0 Å². The van der Waals surface area contributed by atoms with Crippen molar-refractivity contribution in [2.24, 2.45) is 10.3 Å². The molecule has 190 valence electrons. The van der Waals surface area contributed by atoms with Crippen molar-refractivity contribution in [3.63, 3.8) is 0 Å². The highest BCUT2D eigenvalue weighted by Gasteiger charge is 2.46. The third-order valence-electron chi connectivity index (χ3n) is 7.28. The molecule has 0 aromatic heterocycles. The number of fused-ring (bicyclic) bond motifs is 2. The Hall–Kier alpha value is -3.18. The van der Waals surface area contributed by atoms with Crippen LogP contribution < -0.4 is 10.0 Å². The summed E-state index contributed by atoms with van der Waals surface area (Å²) in [7, 11) is -7.93. The molecular weight excluding hydrogens is 502 g/mol. The Morgan fingerprint density at radius 3 is 2.58 bits per heavy atom. The molecule has 3 N–H and O–H groups in total. The third kappa shape index (κ3) is 4.20. The lowest BCUT2D eigenvalue weighted by atomic mass is 9.65. The first kappa shape index (κ1) is 24.5. The second-order valence-corrected chi connectivity index (χ2v) is 13.2. The Kier molecular flexibility index (Phi) is 5.75. The average Bonchev–Trinajstić information content (AvgIpc) is 2.76. The second kappa shape index (κ2) is 8.45. The van der Waals surface area contributed by atoms with Gasteiger partial charge in [0.2, 0.25) is 10.0 Å². The normalized spacial score (nSPS) is 23.2.